The number of benzene rings is 1. The predicted molar refractivity (Wildman–Crippen MR) is 88.8 cm³/mol. The SMILES string of the molecule is CC1(C)CC(NS(=O)(=O)c2cccc(Br)c2)CC(C)(C)N1. The molecule has 1 saturated heterocycles. The molecule has 0 aromatic heterocycles. The van der Waals surface area contributed by atoms with E-state index < -0.39 is 10.0 Å². The van der Waals surface area contributed by atoms with Crippen molar-refractivity contribution in [3.8, 4) is 0 Å². The van der Waals surface area contributed by atoms with Gasteiger partial charge in [0.05, 0.1) is 4.90 Å². The molecule has 0 unspecified atom stereocenters. The Labute approximate surface area is 135 Å². The monoisotopic (exact) mass is 374 g/mol. The molecule has 1 fully saturated rings. The van der Waals surface area contributed by atoms with Gasteiger partial charge in [-0.1, -0.05) is 22.0 Å². The zero-order valence-corrected chi connectivity index (χ0v) is 15.3. The third-order valence-electron chi connectivity index (χ3n) is 3.62. The summed E-state index contributed by atoms with van der Waals surface area (Å²) in [6.45, 7) is 8.42. The Kier molecular flexibility index (Phi) is 4.55. The lowest BCUT2D eigenvalue weighted by Crippen LogP contribution is -2.62. The summed E-state index contributed by atoms with van der Waals surface area (Å²) in [5, 5.41) is 3.55. The lowest BCUT2D eigenvalue weighted by Gasteiger charge is -2.46. The molecule has 0 atom stereocenters. The van der Waals surface area contributed by atoms with Crippen molar-refractivity contribution in [1.82, 2.24) is 10.0 Å². The molecule has 6 heteroatoms. The van der Waals surface area contributed by atoms with Crippen LogP contribution in [0.15, 0.2) is 33.6 Å². The highest BCUT2D eigenvalue weighted by Gasteiger charge is 2.39. The molecule has 0 radical (unpaired) electrons. The lowest BCUT2D eigenvalue weighted by molar-refractivity contribution is 0.157. The topological polar surface area (TPSA) is 58.2 Å². The van der Waals surface area contributed by atoms with Crippen molar-refractivity contribution in [1.29, 1.82) is 0 Å². The number of piperidine rings is 1. The van der Waals surface area contributed by atoms with Crippen molar-refractivity contribution in [3.05, 3.63) is 28.7 Å². The average Bonchev–Trinajstić information content (AvgIpc) is 2.23. The van der Waals surface area contributed by atoms with Gasteiger partial charge < -0.3 is 5.32 Å². The van der Waals surface area contributed by atoms with Gasteiger partial charge in [0, 0.05) is 21.6 Å². The van der Waals surface area contributed by atoms with Gasteiger partial charge in [-0.2, -0.15) is 0 Å². The normalized spacial score (nSPS) is 22.1. The van der Waals surface area contributed by atoms with Gasteiger partial charge in [-0.3, -0.25) is 0 Å². The van der Waals surface area contributed by atoms with Gasteiger partial charge in [0.1, 0.15) is 0 Å². The molecular formula is C15H23BrN2O2S. The largest absolute Gasteiger partial charge is 0.307 e. The van der Waals surface area contributed by atoms with E-state index in [2.05, 4.69) is 53.7 Å². The van der Waals surface area contributed by atoms with E-state index in [0.717, 1.165) is 17.3 Å². The van der Waals surface area contributed by atoms with Gasteiger partial charge in [-0.25, -0.2) is 13.1 Å². The van der Waals surface area contributed by atoms with E-state index in [4.69, 9.17) is 0 Å². The van der Waals surface area contributed by atoms with Crippen molar-refractivity contribution < 1.29 is 8.42 Å². The molecule has 1 heterocycles. The fraction of sp³-hybridized carbons (Fsp3) is 0.600. The summed E-state index contributed by atoms with van der Waals surface area (Å²) in [4.78, 5) is 0.297. The van der Waals surface area contributed by atoms with E-state index in [1.165, 1.54) is 0 Å². The first-order valence-electron chi connectivity index (χ1n) is 7.06. The maximum Gasteiger partial charge on any atom is 0.240 e. The molecular weight excluding hydrogens is 352 g/mol. The highest BCUT2D eigenvalue weighted by atomic mass is 79.9. The van der Waals surface area contributed by atoms with Crippen molar-refractivity contribution in [3.63, 3.8) is 0 Å². The Bertz CT molecular complexity index is 610. The number of hydrogen-bond donors (Lipinski definition) is 2. The van der Waals surface area contributed by atoms with Crippen LogP contribution in [0.2, 0.25) is 0 Å². The van der Waals surface area contributed by atoms with E-state index in [9.17, 15) is 8.42 Å². The summed E-state index contributed by atoms with van der Waals surface area (Å²) in [5.74, 6) is 0. The van der Waals surface area contributed by atoms with Crippen LogP contribution >= 0.6 is 15.9 Å². The number of rotatable bonds is 3. The highest BCUT2D eigenvalue weighted by molar-refractivity contribution is 9.10. The van der Waals surface area contributed by atoms with Gasteiger partial charge in [0.25, 0.3) is 0 Å². The fourth-order valence-electron chi connectivity index (χ4n) is 3.33. The molecule has 1 aromatic carbocycles. The summed E-state index contributed by atoms with van der Waals surface area (Å²) in [5.41, 5.74) is -0.182. The van der Waals surface area contributed by atoms with Crippen LogP contribution in [0.4, 0.5) is 0 Å². The molecule has 0 aliphatic carbocycles. The lowest BCUT2D eigenvalue weighted by atomic mass is 9.80. The molecule has 0 amide bonds. The molecule has 2 rings (SSSR count). The van der Waals surface area contributed by atoms with Crippen LogP contribution in [0, 0.1) is 0 Å². The summed E-state index contributed by atoms with van der Waals surface area (Å²) >= 11 is 3.31. The zero-order valence-electron chi connectivity index (χ0n) is 12.9. The maximum atomic E-state index is 12.5. The standard InChI is InChI=1S/C15H23BrN2O2S/c1-14(2)9-12(10-15(3,4)18-14)17-21(19,20)13-7-5-6-11(16)8-13/h5-8,12,17-18H,9-10H2,1-4H3. The second-order valence-corrected chi connectivity index (χ2v) is 9.71. The molecule has 118 valence electrons. The molecule has 0 bridgehead atoms. The Hall–Kier alpha value is -0.430. The van der Waals surface area contributed by atoms with E-state index in [1.807, 2.05) is 6.07 Å². The van der Waals surface area contributed by atoms with Gasteiger partial charge in [-0.05, 0) is 58.7 Å². The first-order chi connectivity index (χ1) is 9.49. The van der Waals surface area contributed by atoms with Crippen LogP contribution in [-0.4, -0.2) is 25.5 Å². The number of nitrogens with one attached hydrogen (secondary N) is 2. The predicted octanol–water partition coefficient (Wildman–Crippen LogP) is 3.04. The molecule has 2 N–H and O–H groups in total. The van der Waals surface area contributed by atoms with E-state index >= 15 is 0 Å². The van der Waals surface area contributed by atoms with Gasteiger partial charge in [0.2, 0.25) is 10.0 Å². The van der Waals surface area contributed by atoms with Crippen LogP contribution < -0.4 is 10.0 Å². The van der Waals surface area contributed by atoms with Gasteiger partial charge >= 0.3 is 0 Å². The Morgan fingerprint density at radius 2 is 1.76 bits per heavy atom. The highest BCUT2D eigenvalue weighted by Crippen LogP contribution is 2.29. The van der Waals surface area contributed by atoms with Gasteiger partial charge in [0.15, 0.2) is 0 Å². The second-order valence-electron chi connectivity index (χ2n) is 7.08. The van der Waals surface area contributed by atoms with Crippen molar-refractivity contribution >= 4 is 26.0 Å². The van der Waals surface area contributed by atoms with Gasteiger partial charge in [-0.15, -0.1) is 0 Å². The number of halogens is 1. The molecule has 1 aliphatic rings. The zero-order chi connectivity index (χ0) is 15.9. The molecule has 0 spiro atoms. The minimum Gasteiger partial charge on any atom is -0.307 e. The van der Waals surface area contributed by atoms with Crippen LogP contribution in [0.3, 0.4) is 0 Å². The Balaban J connectivity index is 2.20. The molecule has 1 aliphatic heterocycles. The molecule has 21 heavy (non-hydrogen) atoms. The first kappa shape index (κ1) is 16.9. The van der Waals surface area contributed by atoms with E-state index in [-0.39, 0.29) is 17.1 Å². The van der Waals surface area contributed by atoms with Crippen LogP contribution in [0.25, 0.3) is 0 Å². The fourth-order valence-corrected chi connectivity index (χ4v) is 5.16. The van der Waals surface area contributed by atoms with Crippen LogP contribution in [0.5, 0.6) is 0 Å². The number of hydrogen-bond acceptors (Lipinski definition) is 3. The smallest absolute Gasteiger partial charge is 0.240 e. The van der Waals surface area contributed by atoms with E-state index in [0.29, 0.717) is 4.90 Å². The average molecular weight is 375 g/mol. The van der Waals surface area contributed by atoms with Crippen molar-refractivity contribution in [2.45, 2.75) is 62.6 Å². The summed E-state index contributed by atoms with van der Waals surface area (Å²) in [6.07, 6.45) is 1.54. The quantitative estimate of drug-likeness (QED) is 0.854. The molecule has 0 saturated carbocycles. The summed E-state index contributed by atoms with van der Waals surface area (Å²) < 4.78 is 28.7. The van der Waals surface area contributed by atoms with Crippen molar-refractivity contribution in [2.75, 3.05) is 0 Å². The van der Waals surface area contributed by atoms with Crippen LogP contribution in [-0.2, 0) is 10.0 Å². The van der Waals surface area contributed by atoms with E-state index in [1.54, 1.807) is 18.2 Å². The van der Waals surface area contributed by atoms with Crippen LogP contribution in [0.1, 0.15) is 40.5 Å². The second kappa shape index (κ2) is 5.65. The van der Waals surface area contributed by atoms with Crippen molar-refractivity contribution in [2.24, 2.45) is 0 Å². The minimum atomic E-state index is -3.49. The summed E-state index contributed by atoms with van der Waals surface area (Å²) in [6, 6.07) is 6.72. The number of sulfonamides is 1. The molecule has 4 nitrogen and oxygen atoms in total. The molecule has 1 aromatic rings. The third kappa shape index (κ3) is 4.52. The third-order valence-corrected chi connectivity index (χ3v) is 5.63. The Morgan fingerprint density at radius 1 is 1.19 bits per heavy atom. The summed E-state index contributed by atoms with van der Waals surface area (Å²) in [7, 11) is -3.49. The maximum absolute atomic E-state index is 12.5. The first-order valence-corrected chi connectivity index (χ1v) is 9.34. The minimum absolute atomic E-state index is 0.0692. The Morgan fingerprint density at radius 3 is 2.29 bits per heavy atom.